The molecule has 1 fully saturated rings. The Kier molecular flexibility index (Phi) is 6.62. The number of ketones is 1. The Hall–Kier alpha value is -3.76. The molecule has 1 atom stereocenters. The van der Waals surface area contributed by atoms with Crippen LogP contribution >= 0.6 is 22.7 Å². The third-order valence-electron chi connectivity index (χ3n) is 5.13. The predicted molar refractivity (Wildman–Crippen MR) is 129 cm³/mol. The number of methoxy groups -OCH3 is 1. The fourth-order valence-corrected chi connectivity index (χ4v) is 5.34. The van der Waals surface area contributed by atoms with Crippen LogP contribution in [0.25, 0.3) is 5.76 Å². The number of carbonyl (C=O) groups is 3. The third kappa shape index (κ3) is 4.13. The number of hydrogen-bond acceptors (Lipinski definition) is 9. The SMILES string of the molecule is C=CCOC(=O)c1sc(N2C(=O)C(=O)/C(=C(\O)c3ccc(OC)cc3)C2c2cccs2)nc1C. The second-order valence-corrected chi connectivity index (χ2v) is 9.17. The van der Waals surface area contributed by atoms with Crippen molar-refractivity contribution in [2.45, 2.75) is 13.0 Å². The summed E-state index contributed by atoms with van der Waals surface area (Å²) in [5.74, 6) is -1.99. The summed E-state index contributed by atoms with van der Waals surface area (Å²) in [5, 5.41) is 13.1. The molecular formula is C24H20N2O6S2. The summed E-state index contributed by atoms with van der Waals surface area (Å²) < 4.78 is 10.3. The molecule has 1 saturated heterocycles. The van der Waals surface area contributed by atoms with Crippen molar-refractivity contribution in [3.05, 3.63) is 81.0 Å². The third-order valence-corrected chi connectivity index (χ3v) is 7.19. The molecule has 1 unspecified atom stereocenters. The van der Waals surface area contributed by atoms with Gasteiger partial charge in [-0.15, -0.1) is 11.3 Å². The number of esters is 1. The van der Waals surface area contributed by atoms with Crippen molar-refractivity contribution in [1.82, 2.24) is 4.98 Å². The van der Waals surface area contributed by atoms with Gasteiger partial charge in [-0.2, -0.15) is 0 Å². The van der Waals surface area contributed by atoms with Crippen LogP contribution in [0.15, 0.2) is 60.0 Å². The van der Waals surface area contributed by atoms with E-state index in [1.807, 2.05) is 5.38 Å². The normalized spacial score (nSPS) is 17.1. The minimum Gasteiger partial charge on any atom is -0.507 e. The molecule has 4 rings (SSSR count). The standard InChI is InChI=1S/C24H20N2O6S2/c1-4-11-32-23(30)21-13(2)25-24(34-21)26-18(16-6-5-12-33-16)17(20(28)22(26)29)19(27)14-7-9-15(31-3)10-8-14/h4-10,12,18,27H,1,11H2,2-3H3/b19-17-. The number of aliphatic hydroxyl groups is 1. The van der Waals surface area contributed by atoms with E-state index in [2.05, 4.69) is 11.6 Å². The monoisotopic (exact) mass is 496 g/mol. The molecule has 174 valence electrons. The molecule has 0 aliphatic carbocycles. The number of thiophene rings is 1. The second kappa shape index (κ2) is 9.62. The first-order valence-electron chi connectivity index (χ1n) is 10.1. The summed E-state index contributed by atoms with van der Waals surface area (Å²) in [6.45, 7) is 5.18. The van der Waals surface area contributed by atoms with Crippen molar-refractivity contribution in [3.8, 4) is 5.75 Å². The van der Waals surface area contributed by atoms with Crippen molar-refractivity contribution >= 4 is 51.2 Å². The van der Waals surface area contributed by atoms with Crippen molar-refractivity contribution in [2.24, 2.45) is 0 Å². The van der Waals surface area contributed by atoms with E-state index in [9.17, 15) is 19.5 Å². The van der Waals surface area contributed by atoms with Gasteiger partial charge in [0.15, 0.2) is 5.13 Å². The van der Waals surface area contributed by atoms with E-state index in [-0.39, 0.29) is 27.9 Å². The molecule has 1 aromatic carbocycles. The first-order valence-corrected chi connectivity index (χ1v) is 11.8. The fraction of sp³-hybridized carbons (Fsp3) is 0.167. The summed E-state index contributed by atoms with van der Waals surface area (Å²) in [6.07, 6.45) is 1.45. The van der Waals surface area contributed by atoms with Crippen molar-refractivity contribution in [1.29, 1.82) is 0 Å². The minimum absolute atomic E-state index is 0.0348. The van der Waals surface area contributed by atoms with Crippen LogP contribution in [0, 0.1) is 6.92 Å². The van der Waals surface area contributed by atoms with Crippen LogP contribution in [0.4, 0.5) is 5.13 Å². The maximum Gasteiger partial charge on any atom is 0.350 e. The number of benzene rings is 1. The molecule has 3 heterocycles. The highest BCUT2D eigenvalue weighted by atomic mass is 32.1. The van der Waals surface area contributed by atoms with E-state index in [0.29, 0.717) is 21.9 Å². The summed E-state index contributed by atoms with van der Waals surface area (Å²) in [7, 11) is 1.52. The fourth-order valence-electron chi connectivity index (χ4n) is 3.52. The van der Waals surface area contributed by atoms with Crippen LogP contribution in [-0.4, -0.2) is 41.5 Å². The van der Waals surface area contributed by atoms with Gasteiger partial charge < -0.3 is 14.6 Å². The number of aromatic nitrogens is 1. The van der Waals surface area contributed by atoms with Gasteiger partial charge in [-0.25, -0.2) is 9.78 Å². The van der Waals surface area contributed by atoms with Crippen LogP contribution in [-0.2, 0) is 14.3 Å². The lowest BCUT2D eigenvalue weighted by Gasteiger charge is -2.21. The Balaban J connectivity index is 1.83. The number of Topliss-reactive ketones (excluding diaryl/α,β-unsaturated/α-hetero) is 1. The zero-order chi connectivity index (χ0) is 24.4. The quantitative estimate of drug-likeness (QED) is 0.169. The summed E-state index contributed by atoms with van der Waals surface area (Å²) in [4.78, 5) is 45.2. The van der Waals surface area contributed by atoms with E-state index in [1.54, 1.807) is 43.3 Å². The van der Waals surface area contributed by atoms with Gasteiger partial charge in [-0.3, -0.25) is 14.5 Å². The predicted octanol–water partition coefficient (Wildman–Crippen LogP) is 4.49. The Bertz CT molecular complexity index is 1290. The molecular weight excluding hydrogens is 476 g/mol. The summed E-state index contributed by atoms with van der Waals surface area (Å²) >= 11 is 2.29. The minimum atomic E-state index is -0.898. The molecule has 1 N–H and O–H groups in total. The van der Waals surface area contributed by atoms with Gasteiger partial charge in [-0.1, -0.05) is 30.1 Å². The Labute approximate surface area is 203 Å². The van der Waals surface area contributed by atoms with E-state index in [1.165, 1.54) is 29.4 Å². The zero-order valence-corrected chi connectivity index (χ0v) is 19.9. The highest BCUT2D eigenvalue weighted by molar-refractivity contribution is 7.18. The van der Waals surface area contributed by atoms with Crippen LogP contribution in [0.5, 0.6) is 5.75 Å². The highest BCUT2D eigenvalue weighted by Crippen LogP contribution is 2.45. The highest BCUT2D eigenvalue weighted by Gasteiger charge is 2.48. The molecule has 34 heavy (non-hydrogen) atoms. The van der Waals surface area contributed by atoms with Crippen molar-refractivity contribution < 1.29 is 29.0 Å². The largest absolute Gasteiger partial charge is 0.507 e. The number of hydrogen-bond donors (Lipinski definition) is 1. The molecule has 10 heteroatoms. The van der Waals surface area contributed by atoms with E-state index < -0.39 is 23.7 Å². The lowest BCUT2D eigenvalue weighted by atomic mass is 10.00. The number of thiazole rings is 1. The Morgan fingerprint density at radius 3 is 2.62 bits per heavy atom. The molecule has 0 saturated carbocycles. The van der Waals surface area contributed by atoms with Crippen LogP contribution in [0.3, 0.4) is 0 Å². The summed E-state index contributed by atoms with van der Waals surface area (Å²) in [6, 6.07) is 9.17. The lowest BCUT2D eigenvalue weighted by Crippen LogP contribution is -2.29. The number of aliphatic hydroxyl groups excluding tert-OH is 1. The Morgan fingerprint density at radius 1 is 1.26 bits per heavy atom. The van der Waals surface area contributed by atoms with Crippen LogP contribution < -0.4 is 9.64 Å². The van der Waals surface area contributed by atoms with E-state index >= 15 is 0 Å². The number of anilines is 1. The number of ether oxygens (including phenoxy) is 2. The first kappa shape index (κ1) is 23.4. The zero-order valence-electron chi connectivity index (χ0n) is 18.3. The van der Waals surface area contributed by atoms with E-state index in [4.69, 9.17) is 9.47 Å². The smallest absolute Gasteiger partial charge is 0.350 e. The molecule has 3 aromatic rings. The van der Waals surface area contributed by atoms with Gasteiger partial charge in [0.2, 0.25) is 0 Å². The average molecular weight is 497 g/mol. The molecule has 2 aromatic heterocycles. The van der Waals surface area contributed by atoms with Crippen LogP contribution in [0.1, 0.15) is 31.8 Å². The van der Waals surface area contributed by atoms with Gasteiger partial charge in [0.1, 0.15) is 29.0 Å². The van der Waals surface area contributed by atoms with Crippen molar-refractivity contribution in [3.63, 3.8) is 0 Å². The van der Waals surface area contributed by atoms with Gasteiger partial charge in [0.25, 0.3) is 5.78 Å². The molecule has 1 aliphatic rings. The molecule has 0 radical (unpaired) electrons. The molecule has 8 nitrogen and oxygen atoms in total. The summed E-state index contributed by atoms with van der Waals surface area (Å²) in [5.41, 5.74) is 0.682. The van der Waals surface area contributed by atoms with Gasteiger partial charge in [-0.05, 0) is 42.6 Å². The lowest BCUT2D eigenvalue weighted by molar-refractivity contribution is -0.132. The van der Waals surface area contributed by atoms with Crippen LogP contribution in [0.2, 0.25) is 0 Å². The van der Waals surface area contributed by atoms with Gasteiger partial charge in [0.05, 0.1) is 18.4 Å². The molecule has 0 spiro atoms. The number of carbonyl (C=O) groups excluding carboxylic acids is 3. The number of aryl methyl sites for hydroxylation is 1. The van der Waals surface area contributed by atoms with Crippen molar-refractivity contribution in [2.75, 3.05) is 18.6 Å². The second-order valence-electron chi connectivity index (χ2n) is 7.21. The van der Waals surface area contributed by atoms with Gasteiger partial charge >= 0.3 is 11.9 Å². The first-order chi connectivity index (χ1) is 16.4. The number of rotatable bonds is 7. The maximum atomic E-state index is 13.2. The molecule has 1 aliphatic heterocycles. The number of amides is 1. The topological polar surface area (TPSA) is 106 Å². The maximum absolute atomic E-state index is 13.2. The van der Waals surface area contributed by atoms with E-state index in [0.717, 1.165) is 11.3 Å². The molecule has 0 bridgehead atoms. The molecule has 1 amide bonds. The average Bonchev–Trinajstić information content (AvgIpc) is 3.56. The van der Waals surface area contributed by atoms with Gasteiger partial charge in [0, 0.05) is 10.4 Å². The Morgan fingerprint density at radius 2 is 2.00 bits per heavy atom. The number of nitrogens with zero attached hydrogens (tertiary/aromatic N) is 2.